The number of ketones is 2. The zero-order valence-electron chi connectivity index (χ0n) is 26.5. The van der Waals surface area contributed by atoms with E-state index in [1.54, 1.807) is 33.3 Å². The van der Waals surface area contributed by atoms with E-state index < -0.39 is 24.0 Å². The van der Waals surface area contributed by atoms with Crippen LogP contribution in [0.25, 0.3) is 6.08 Å². The van der Waals surface area contributed by atoms with Gasteiger partial charge in [-0.1, -0.05) is 59.7 Å². The van der Waals surface area contributed by atoms with Gasteiger partial charge in [-0.2, -0.15) is 0 Å². The summed E-state index contributed by atoms with van der Waals surface area (Å²) in [6.45, 7) is 22.3. The quantitative estimate of drug-likeness (QED) is 0.117. The van der Waals surface area contributed by atoms with Crippen LogP contribution in [0.4, 0.5) is 0 Å². The van der Waals surface area contributed by atoms with E-state index in [1.807, 2.05) is 44.4 Å². The molecule has 0 saturated carbocycles. The molecule has 8 heteroatoms. The zero-order chi connectivity index (χ0) is 30.6. The first-order valence-electron chi connectivity index (χ1n) is 13.6. The highest BCUT2D eigenvalue weighted by Gasteiger charge is 2.31. The predicted molar refractivity (Wildman–Crippen MR) is 167 cm³/mol. The second-order valence-electron chi connectivity index (χ2n) is 12.4. The van der Waals surface area contributed by atoms with Crippen molar-refractivity contribution in [3.05, 3.63) is 52.6 Å². The molecular weight excluding hydrogens is 537 g/mol. The Labute approximate surface area is 244 Å². The van der Waals surface area contributed by atoms with Crippen LogP contribution in [0.2, 0.25) is 26.2 Å². The molecule has 1 atom stereocenters. The molecule has 0 N–H and O–H groups in total. The van der Waals surface area contributed by atoms with Gasteiger partial charge in [0.25, 0.3) is 18.1 Å². The third-order valence-corrected chi connectivity index (χ3v) is 7.63. The average Bonchev–Trinajstić information content (AvgIpc) is 2.84. The minimum atomic E-state index is -1.22. The van der Waals surface area contributed by atoms with Gasteiger partial charge in [-0.3, -0.25) is 9.59 Å². The number of allylic oxidation sites excluding steroid dienone is 1. The summed E-state index contributed by atoms with van der Waals surface area (Å²) in [5.41, 5.74) is 2.68. The van der Waals surface area contributed by atoms with E-state index in [2.05, 4.69) is 41.5 Å². The summed E-state index contributed by atoms with van der Waals surface area (Å²) < 4.78 is 24.0. The standard InChI is InChI=1S/C32H46O6Si2/c1-20(26(34)22-16-18-24(32(5,6)7)30(36-9)28(22)38-40(12)13)25(33)19-15-21-14-17-23(31(2,3)4)29(35-8)27(21)37-39(10)11/h14-20H,1-13H3/b19-15+. The lowest BCUT2D eigenvalue weighted by atomic mass is 9.84. The first kappa shape index (κ1) is 33.4. The van der Waals surface area contributed by atoms with Crippen molar-refractivity contribution in [2.45, 2.75) is 85.5 Å². The van der Waals surface area contributed by atoms with E-state index in [9.17, 15) is 9.59 Å². The predicted octanol–water partition coefficient (Wildman–Crippen LogP) is 7.66. The lowest BCUT2D eigenvalue weighted by Crippen LogP contribution is -2.23. The highest BCUT2D eigenvalue weighted by Crippen LogP contribution is 2.43. The number of carbonyl (C=O) groups is 2. The molecule has 0 amide bonds. The van der Waals surface area contributed by atoms with Crippen molar-refractivity contribution in [3.63, 3.8) is 0 Å². The molecule has 0 heterocycles. The largest absolute Gasteiger partial charge is 0.540 e. The summed E-state index contributed by atoms with van der Waals surface area (Å²) in [5, 5.41) is 0. The first-order chi connectivity index (χ1) is 18.4. The van der Waals surface area contributed by atoms with Crippen LogP contribution < -0.4 is 18.3 Å². The lowest BCUT2D eigenvalue weighted by molar-refractivity contribution is -0.116. The third-order valence-electron chi connectivity index (χ3n) is 6.40. The van der Waals surface area contributed by atoms with Gasteiger partial charge < -0.3 is 18.3 Å². The van der Waals surface area contributed by atoms with Gasteiger partial charge in [-0.25, -0.2) is 0 Å². The fourth-order valence-corrected chi connectivity index (χ4v) is 5.58. The number of hydrogen-bond acceptors (Lipinski definition) is 6. The molecule has 2 rings (SSSR count). The van der Waals surface area contributed by atoms with Gasteiger partial charge >= 0.3 is 0 Å². The van der Waals surface area contributed by atoms with E-state index >= 15 is 0 Å². The highest BCUT2D eigenvalue weighted by atomic mass is 28.3. The summed E-state index contributed by atoms with van der Waals surface area (Å²) in [7, 11) is 0.881. The van der Waals surface area contributed by atoms with Crippen LogP contribution in [-0.4, -0.2) is 43.9 Å². The highest BCUT2D eigenvalue weighted by molar-refractivity contribution is 6.49. The van der Waals surface area contributed by atoms with E-state index in [1.165, 1.54) is 6.08 Å². The van der Waals surface area contributed by atoms with Crippen LogP contribution in [0.3, 0.4) is 0 Å². The molecule has 6 nitrogen and oxygen atoms in total. The van der Waals surface area contributed by atoms with Gasteiger partial charge in [0.1, 0.15) is 0 Å². The number of hydrogen-bond donors (Lipinski definition) is 0. The van der Waals surface area contributed by atoms with Crippen LogP contribution in [-0.2, 0) is 15.6 Å². The third kappa shape index (κ3) is 7.88. The molecule has 2 radical (unpaired) electrons. The molecule has 0 saturated heterocycles. The van der Waals surface area contributed by atoms with Crippen LogP contribution in [0.1, 0.15) is 75.5 Å². The summed E-state index contributed by atoms with van der Waals surface area (Å²) in [4.78, 5) is 27.0. The number of Topliss-reactive ketones (excluding diaryl/α,β-unsaturated/α-hetero) is 1. The molecule has 0 fully saturated rings. The Morgan fingerprint density at radius 1 is 0.725 bits per heavy atom. The molecule has 2 aromatic rings. The Morgan fingerprint density at radius 2 is 1.18 bits per heavy atom. The molecular formula is C32H46O6Si2. The first-order valence-corrected chi connectivity index (χ1v) is 18.4. The van der Waals surface area contributed by atoms with Gasteiger partial charge in [-0.05, 0) is 62.2 Å². The Bertz CT molecular complexity index is 1250. The molecule has 40 heavy (non-hydrogen) atoms. The van der Waals surface area contributed by atoms with Crippen molar-refractivity contribution in [2.24, 2.45) is 5.92 Å². The summed E-state index contributed by atoms with van der Waals surface area (Å²) >= 11 is 0. The molecule has 0 aliphatic rings. The Kier molecular flexibility index (Phi) is 11.0. The van der Waals surface area contributed by atoms with Crippen molar-refractivity contribution in [1.29, 1.82) is 0 Å². The number of rotatable bonds is 11. The summed E-state index contributed by atoms with van der Waals surface area (Å²) in [5.74, 6) is 0.724. The molecule has 0 aromatic heterocycles. The topological polar surface area (TPSA) is 71.1 Å². The van der Waals surface area contributed by atoms with Crippen molar-refractivity contribution in [3.8, 4) is 23.0 Å². The van der Waals surface area contributed by atoms with Gasteiger partial charge in [0.05, 0.1) is 25.7 Å². The molecule has 0 aliphatic heterocycles. The fourth-order valence-electron chi connectivity index (χ4n) is 4.35. The minimum absolute atomic E-state index is 0.154. The monoisotopic (exact) mass is 582 g/mol. The maximum absolute atomic E-state index is 13.7. The molecule has 0 aliphatic carbocycles. The normalized spacial score (nSPS) is 13.1. The second-order valence-corrected chi connectivity index (χ2v) is 16.5. The number of benzene rings is 2. The van der Waals surface area contributed by atoms with Crippen LogP contribution in [0.5, 0.6) is 23.0 Å². The lowest BCUT2D eigenvalue weighted by Gasteiger charge is -2.26. The number of ether oxygens (including phenoxy) is 2. The van der Waals surface area contributed by atoms with Gasteiger partial charge in [-0.15, -0.1) is 0 Å². The van der Waals surface area contributed by atoms with E-state index in [-0.39, 0.29) is 22.4 Å². The van der Waals surface area contributed by atoms with Gasteiger partial charge in [0.2, 0.25) is 0 Å². The van der Waals surface area contributed by atoms with Gasteiger partial charge in [0, 0.05) is 16.7 Å². The Morgan fingerprint density at radius 3 is 1.62 bits per heavy atom. The van der Waals surface area contributed by atoms with Crippen molar-refractivity contribution < 1.29 is 27.9 Å². The van der Waals surface area contributed by atoms with Crippen molar-refractivity contribution >= 4 is 35.7 Å². The van der Waals surface area contributed by atoms with Crippen LogP contribution >= 0.6 is 0 Å². The molecule has 2 aromatic carbocycles. The van der Waals surface area contributed by atoms with Crippen LogP contribution in [0, 0.1) is 5.92 Å². The molecule has 1 unspecified atom stereocenters. The fraction of sp³-hybridized carbons (Fsp3) is 0.500. The van der Waals surface area contributed by atoms with E-state index in [0.717, 1.165) is 16.7 Å². The maximum atomic E-state index is 13.7. The Balaban J connectivity index is 2.52. The SMILES string of the molecule is COc1c(C(C)(C)C)ccc(/C=C/C(=O)C(C)C(=O)c2ccc(C(C)(C)C)c(OC)c2O[Si](C)C)c1O[Si](C)C. The number of carbonyl (C=O) groups excluding carboxylic acids is 2. The summed E-state index contributed by atoms with van der Waals surface area (Å²) in [6.07, 6.45) is 3.16. The average molecular weight is 583 g/mol. The van der Waals surface area contributed by atoms with Crippen molar-refractivity contribution in [2.75, 3.05) is 14.2 Å². The molecule has 0 bridgehead atoms. The van der Waals surface area contributed by atoms with Gasteiger partial charge in [0.15, 0.2) is 34.6 Å². The summed E-state index contributed by atoms with van der Waals surface area (Å²) in [6, 6.07) is 7.59. The zero-order valence-corrected chi connectivity index (χ0v) is 28.5. The second kappa shape index (κ2) is 13.2. The minimum Gasteiger partial charge on any atom is -0.540 e. The molecule has 0 spiro atoms. The van der Waals surface area contributed by atoms with Crippen LogP contribution in [0.15, 0.2) is 30.3 Å². The Hall–Kier alpha value is -2.85. The molecule has 218 valence electrons. The maximum Gasteiger partial charge on any atom is 0.274 e. The number of methoxy groups -OCH3 is 2. The van der Waals surface area contributed by atoms with E-state index in [4.69, 9.17) is 18.3 Å². The smallest absolute Gasteiger partial charge is 0.274 e. The van der Waals surface area contributed by atoms with E-state index in [0.29, 0.717) is 28.6 Å². The van der Waals surface area contributed by atoms with Crippen molar-refractivity contribution in [1.82, 2.24) is 0 Å².